The monoisotopic (exact) mass is 582 g/mol. The summed E-state index contributed by atoms with van der Waals surface area (Å²) >= 11 is 0. The van der Waals surface area contributed by atoms with Gasteiger partial charge in [0.25, 0.3) is 0 Å². The van der Waals surface area contributed by atoms with Gasteiger partial charge in [-0.2, -0.15) is 0 Å². The Morgan fingerprint density at radius 1 is 0.217 bits per heavy atom. The molecule has 0 bridgehead atoms. The molecule has 0 radical (unpaired) electrons. The van der Waals surface area contributed by atoms with Crippen LogP contribution in [0.1, 0.15) is 0 Å². The molecule has 0 heterocycles. The molecule has 0 N–H and O–H groups in total. The average Bonchev–Trinajstić information content (AvgIpc) is 3.13. The van der Waals surface area contributed by atoms with Crippen LogP contribution in [0.5, 0.6) is 0 Å². The van der Waals surface area contributed by atoms with Crippen molar-refractivity contribution in [3.8, 4) is 44.5 Å². The number of hydrogen-bond donors (Lipinski definition) is 0. The fraction of sp³-hybridized carbons (Fsp3) is 0. The Hall–Kier alpha value is -5.98. The van der Waals surface area contributed by atoms with Gasteiger partial charge in [-0.05, 0) is 93.7 Å². The van der Waals surface area contributed by atoms with Crippen molar-refractivity contribution >= 4 is 43.1 Å². The highest BCUT2D eigenvalue weighted by atomic mass is 14.2. The smallest absolute Gasteiger partial charge is 0.00199 e. The van der Waals surface area contributed by atoms with Gasteiger partial charge in [0, 0.05) is 0 Å². The van der Waals surface area contributed by atoms with Gasteiger partial charge in [0.2, 0.25) is 0 Å². The van der Waals surface area contributed by atoms with E-state index in [9.17, 15) is 0 Å². The van der Waals surface area contributed by atoms with Crippen LogP contribution in [0.2, 0.25) is 0 Å². The molecule has 9 aromatic rings. The van der Waals surface area contributed by atoms with Crippen molar-refractivity contribution in [2.75, 3.05) is 0 Å². The van der Waals surface area contributed by atoms with E-state index in [1.54, 1.807) is 0 Å². The molecule has 0 spiro atoms. The van der Waals surface area contributed by atoms with E-state index in [-0.39, 0.29) is 0 Å². The molecule has 0 amide bonds. The maximum atomic E-state index is 2.33. The van der Waals surface area contributed by atoms with E-state index < -0.39 is 0 Å². The van der Waals surface area contributed by atoms with Crippen LogP contribution in [0.3, 0.4) is 0 Å². The van der Waals surface area contributed by atoms with Gasteiger partial charge >= 0.3 is 0 Å². The third kappa shape index (κ3) is 4.23. The number of rotatable bonds is 4. The van der Waals surface area contributed by atoms with Crippen LogP contribution in [0.4, 0.5) is 0 Å². The third-order valence-electron chi connectivity index (χ3n) is 9.45. The van der Waals surface area contributed by atoms with E-state index in [0.717, 1.165) is 0 Å². The molecule has 0 saturated carbocycles. The summed E-state index contributed by atoms with van der Waals surface area (Å²) in [5, 5.41) is 10.1. The minimum atomic E-state index is 1.22. The summed E-state index contributed by atoms with van der Waals surface area (Å²) in [4.78, 5) is 0. The van der Waals surface area contributed by atoms with E-state index in [4.69, 9.17) is 0 Å². The van der Waals surface area contributed by atoms with Crippen LogP contribution in [-0.2, 0) is 0 Å². The zero-order valence-corrected chi connectivity index (χ0v) is 25.3. The van der Waals surface area contributed by atoms with Crippen LogP contribution in [0, 0.1) is 0 Å². The average molecular weight is 583 g/mol. The summed E-state index contributed by atoms with van der Waals surface area (Å²) in [5.41, 5.74) is 10.0. The van der Waals surface area contributed by atoms with Crippen LogP contribution in [0.15, 0.2) is 182 Å². The number of benzene rings is 9. The minimum absolute atomic E-state index is 1.22. The Morgan fingerprint density at radius 3 is 1.39 bits per heavy atom. The first-order valence-electron chi connectivity index (χ1n) is 15.9. The van der Waals surface area contributed by atoms with E-state index in [1.807, 2.05) is 0 Å². The zero-order chi connectivity index (χ0) is 30.5. The normalized spacial score (nSPS) is 11.5. The second-order valence-corrected chi connectivity index (χ2v) is 12.0. The summed E-state index contributed by atoms with van der Waals surface area (Å²) < 4.78 is 0. The molecule has 9 rings (SSSR count). The summed E-state index contributed by atoms with van der Waals surface area (Å²) in [6, 6.07) is 66.6. The van der Waals surface area contributed by atoms with Crippen molar-refractivity contribution in [1.82, 2.24) is 0 Å². The van der Waals surface area contributed by atoms with Crippen molar-refractivity contribution in [1.29, 1.82) is 0 Å². The Balaban J connectivity index is 1.41. The van der Waals surface area contributed by atoms with Crippen LogP contribution in [0.25, 0.3) is 87.6 Å². The summed E-state index contributed by atoms with van der Waals surface area (Å²) in [5.74, 6) is 0. The highest BCUT2D eigenvalue weighted by Gasteiger charge is 2.21. The molecule has 0 aliphatic heterocycles. The zero-order valence-electron chi connectivity index (χ0n) is 25.3. The van der Waals surface area contributed by atoms with E-state index >= 15 is 0 Å². The lowest BCUT2D eigenvalue weighted by molar-refractivity contribution is 1.58. The Bertz CT molecular complexity index is 2510. The first-order valence-corrected chi connectivity index (χ1v) is 15.9. The minimum Gasteiger partial charge on any atom is -0.0622 e. The van der Waals surface area contributed by atoms with E-state index in [0.29, 0.717) is 0 Å². The molecule has 9 aromatic carbocycles. The molecular formula is C46H30. The van der Waals surface area contributed by atoms with Crippen molar-refractivity contribution < 1.29 is 0 Å². The van der Waals surface area contributed by atoms with Crippen molar-refractivity contribution in [2.45, 2.75) is 0 Å². The third-order valence-corrected chi connectivity index (χ3v) is 9.45. The van der Waals surface area contributed by atoms with E-state index in [1.165, 1.54) is 87.6 Å². The number of hydrogen-bond acceptors (Lipinski definition) is 0. The predicted molar refractivity (Wildman–Crippen MR) is 198 cm³/mol. The molecule has 0 heteroatoms. The molecule has 214 valence electrons. The van der Waals surface area contributed by atoms with Gasteiger partial charge in [0.15, 0.2) is 0 Å². The molecular weight excluding hydrogens is 553 g/mol. The lowest BCUT2D eigenvalue weighted by atomic mass is 9.81. The van der Waals surface area contributed by atoms with Gasteiger partial charge in [-0.15, -0.1) is 0 Å². The maximum absolute atomic E-state index is 2.33. The summed E-state index contributed by atoms with van der Waals surface area (Å²) in [6.07, 6.45) is 0. The Morgan fingerprint density at radius 2 is 0.696 bits per heavy atom. The predicted octanol–water partition coefficient (Wildman–Crippen LogP) is 13.0. The first kappa shape index (κ1) is 26.4. The summed E-state index contributed by atoms with van der Waals surface area (Å²) in [7, 11) is 0. The van der Waals surface area contributed by atoms with Crippen molar-refractivity contribution in [3.63, 3.8) is 0 Å². The summed E-state index contributed by atoms with van der Waals surface area (Å²) in [6.45, 7) is 0. The molecule has 0 saturated heterocycles. The standard InChI is InChI=1S/C46H30/c1-2-16-33(17-3-1)44-37(35-29-28-31-14-4-5-18-34(31)30-35)25-13-27-43(44)46-41-23-10-8-21-39(41)45(40-22-9-11-24-42(40)46)38-26-12-19-32-15-6-7-20-36(32)38/h1-30H. The topological polar surface area (TPSA) is 0 Å². The SMILES string of the molecule is c1ccc(-c2c(-c3ccc4ccccc4c3)cccc2-c2c3ccccc3c(-c3cccc4ccccc34)c3ccccc23)cc1. The fourth-order valence-corrected chi connectivity index (χ4v) is 7.43. The highest BCUT2D eigenvalue weighted by Crippen LogP contribution is 2.49. The Labute approximate surface area is 268 Å². The van der Waals surface area contributed by atoms with Crippen molar-refractivity contribution in [3.05, 3.63) is 182 Å². The number of fused-ring (bicyclic) bond motifs is 4. The van der Waals surface area contributed by atoms with Crippen LogP contribution in [-0.4, -0.2) is 0 Å². The molecule has 0 fully saturated rings. The molecule has 46 heavy (non-hydrogen) atoms. The quantitative estimate of drug-likeness (QED) is 0.181. The fourth-order valence-electron chi connectivity index (χ4n) is 7.43. The van der Waals surface area contributed by atoms with Gasteiger partial charge in [-0.25, -0.2) is 0 Å². The largest absolute Gasteiger partial charge is 0.0622 e. The first-order chi connectivity index (χ1) is 22.8. The lowest BCUT2D eigenvalue weighted by Gasteiger charge is -2.22. The molecule has 0 atom stereocenters. The van der Waals surface area contributed by atoms with E-state index in [2.05, 4.69) is 182 Å². The molecule has 0 aromatic heterocycles. The van der Waals surface area contributed by atoms with Crippen LogP contribution < -0.4 is 0 Å². The van der Waals surface area contributed by atoms with Gasteiger partial charge in [0.1, 0.15) is 0 Å². The molecule has 0 aliphatic carbocycles. The van der Waals surface area contributed by atoms with Crippen LogP contribution >= 0.6 is 0 Å². The second-order valence-electron chi connectivity index (χ2n) is 12.0. The highest BCUT2D eigenvalue weighted by molar-refractivity contribution is 6.24. The lowest BCUT2D eigenvalue weighted by Crippen LogP contribution is -1.95. The molecule has 0 unspecified atom stereocenters. The van der Waals surface area contributed by atoms with Gasteiger partial charge in [-0.3, -0.25) is 0 Å². The van der Waals surface area contributed by atoms with Gasteiger partial charge in [0.05, 0.1) is 0 Å². The maximum Gasteiger partial charge on any atom is -0.00199 e. The second kappa shape index (κ2) is 10.9. The van der Waals surface area contributed by atoms with Crippen molar-refractivity contribution in [2.24, 2.45) is 0 Å². The van der Waals surface area contributed by atoms with Gasteiger partial charge in [-0.1, -0.05) is 176 Å². The van der Waals surface area contributed by atoms with Gasteiger partial charge < -0.3 is 0 Å². The Kier molecular flexibility index (Phi) is 6.25. The molecule has 0 nitrogen and oxygen atoms in total. The molecule has 0 aliphatic rings.